The van der Waals surface area contributed by atoms with E-state index in [4.69, 9.17) is 0 Å². The first-order chi connectivity index (χ1) is 19.9. The van der Waals surface area contributed by atoms with Crippen LogP contribution in [0.2, 0.25) is 0 Å². The normalized spacial score (nSPS) is 12.9. The Morgan fingerprint density at radius 3 is 1.12 bits per heavy atom. The lowest BCUT2D eigenvalue weighted by atomic mass is 9.93. The van der Waals surface area contributed by atoms with E-state index in [1.807, 2.05) is 9.44 Å². The van der Waals surface area contributed by atoms with Crippen molar-refractivity contribution in [3.05, 3.63) is 131 Å². The van der Waals surface area contributed by atoms with Crippen LogP contribution >= 0.6 is 0 Å². The van der Waals surface area contributed by atoms with E-state index >= 15 is 0 Å². The number of carbonyl (C=O) groups excluding carboxylic acids is 2. The summed E-state index contributed by atoms with van der Waals surface area (Å²) in [5.41, 5.74) is 2.75. The predicted molar refractivity (Wildman–Crippen MR) is 158 cm³/mol. The molecular formula is C30H30N4O6S2. The molecule has 0 aliphatic rings. The summed E-state index contributed by atoms with van der Waals surface area (Å²) in [6, 6.07) is 25.0. The van der Waals surface area contributed by atoms with Crippen LogP contribution in [-0.2, 0) is 20.0 Å². The fourth-order valence-corrected chi connectivity index (χ4v) is 6.01. The van der Waals surface area contributed by atoms with Crippen molar-refractivity contribution in [2.24, 2.45) is 0 Å². The molecule has 0 aromatic heterocycles. The second-order valence-electron chi connectivity index (χ2n) is 9.56. The average molecular weight is 607 g/mol. The Labute approximate surface area is 245 Å². The highest BCUT2D eigenvalue weighted by Gasteiger charge is 2.31. The molecule has 0 saturated carbocycles. The van der Waals surface area contributed by atoms with Crippen molar-refractivity contribution in [3.8, 4) is 0 Å². The number of carbonyl (C=O) groups is 2. The van der Waals surface area contributed by atoms with Gasteiger partial charge in [-0.2, -0.15) is 0 Å². The number of sulfonamides is 2. The van der Waals surface area contributed by atoms with E-state index in [1.165, 1.54) is 24.3 Å². The van der Waals surface area contributed by atoms with Gasteiger partial charge in [0.25, 0.3) is 20.0 Å². The second kappa shape index (κ2) is 12.9. The maximum atomic E-state index is 13.1. The zero-order valence-corrected chi connectivity index (χ0v) is 24.4. The highest BCUT2D eigenvalue weighted by molar-refractivity contribution is 7.90. The molecular weight excluding hydrogens is 576 g/mol. The largest absolute Gasteiger partial charge is 0.329 e. The van der Waals surface area contributed by atoms with Gasteiger partial charge < -0.3 is 10.6 Å². The molecule has 4 N–H and O–H groups in total. The summed E-state index contributed by atoms with van der Waals surface area (Å²) in [5, 5.41) is 5.31. The minimum absolute atomic E-state index is 0.0991. The van der Waals surface area contributed by atoms with Gasteiger partial charge in [0.05, 0.1) is 21.9 Å². The van der Waals surface area contributed by atoms with Gasteiger partial charge in [-0.05, 0) is 49.2 Å². The fourth-order valence-electron chi connectivity index (χ4n) is 4.18. The first-order valence-corrected chi connectivity index (χ1v) is 15.8. The van der Waals surface area contributed by atoms with Crippen LogP contribution in [0.4, 0.5) is 9.59 Å². The van der Waals surface area contributed by atoms with Gasteiger partial charge >= 0.3 is 12.1 Å². The van der Waals surface area contributed by atoms with Gasteiger partial charge in [-0.3, -0.25) is 0 Å². The SMILES string of the molecule is Cc1ccc(S(=O)(=O)NC(=O)NC(c2ccccc2)C(NC(=O)NS(=O)(=O)c2ccc(C)cc2)c2ccccc2)cc1. The van der Waals surface area contributed by atoms with Gasteiger partial charge in [0.1, 0.15) is 0 Å². The van der Waals surface area contributed by atoms with Gasteiger partial charge in [0.15, 0.2) is 0 Å². The first-order valence-electron chi connectivity index (χ1n) is 12.8. The summed E-state index contributed by atoms with van der Waals surface area (Å²) >= 11 is 0. The number of urea groups is 2. The van der Waals surface area contributed by atoms with Gasteiger partial charge in [-0.25, -0.2) is 35.9 Å². The van der Waals surface area contributed by atoms with Crippen molar-refractivity contribution >= 4 is 32.1 Å². The lowest BCUT2D eigenvalue weighted by molar-refractivity contribution is 0.229. The molecule has 4 aromatic rings. The first kappa shape index (κ1) is 30.3. The van der Waals surface area contributed by atoms with Crippen LogP contribution in [0.25, 0.3) is 0 Å². The number of nitrogens with one attached hydrogen (secondary N) is 4. The van der Waals surface area contributed by atoms with Crippen LogP contribution in [0.1, 0.15) is 34.3 Å². The van der Waals surface area contributed by atoms with Crippen LogP contribution in [0.15, 0.2) is 119 Å². The molecule has 218 valence electrons. The fraction of sp³-hybridized carbons (Fsp3) is 0.133. The van der Waals surface area contributed by atoms with Crippen LogP contribution in [-0.4, -0.2) is 28.9 Å². The number of benzene rings is 4. The number of amides is 4. The van der Waals surface area contributed by atoms with E-state index in [-0.39, 0.29) is 9.79 Å². The molecule has 2 unspecified atom stereocenters. The summed E-state index contributed by atoms with van der Waals surface area (Å²) < 4.78 is 55.6. The third-order valence-electron chi connectivity index (χ3n) is 6.34. The molecule has 0 heterocycles. The number of hydrogen-bond donors (Lipinski definition) is 4. The summed E-state index contributed by atoms with van der Waals surface area (Å²) in [7, 11) is -8.43. The average Bonchev–Trinajstić information content (AvgIpc) is 2.96. The number of rotatable bonds is 9. The van der Waals surface area contributed by atoms with E-state index in [0.29, 0.717) is 11.1 Å². The standard InChI is InChI=1S/C30H30N4O6S2/c1-21-13-17-25(18-14-21)41(37,38)33-29(35)31-27(23-9-5-3-6-10-23)28(24-11-7-4-8-12-24)32-30(36)34-42(39,40)26-19-15-22(2)16-20-26/h3-20,27-28H,1-2H3,(H2,31,33,35)(H2,32,34,36). The number of aryl methyl sites for hydroxylation is 2. The Balaban J connectivity index is 1.64. The van der Waals surface area contributed by atoms with E-state index < -0.39 is 44.2 Å². The van der Waals surface area contributed by atoms with E-state index in [0.717, 1.165) is 11.1 Å². The van der Waals surface area contributed by atoms with Gasteiger partial charge in [-0.1, -0.05) is 96.1 Å². The molecule has 4 rings (SSSR count). The Bertz CT molecular complexity index is 1610. The molecule has 10 nitrogen and oxygen atoms in total. The minimum Gasteiger partial charge on any atom is -0.328 e. The van der Waals surface area contributed by atoms with Crippen molar-refractivity contribution in [2.45, 2.75) is 35.7 Å². The molecule has 0 fully saturated rings. The Morgan fingerprint density at radius 1 is 0.500 bits per heavy atom. The zero-order valence-electron chi connectivity index (χ0n) is 22.8. The molecule has 0 radical (unpaired) electrons. The molecule has 0 saturated heterocycles. The summed E-state index contributed by atoms with van der Waals surface area (Å²) in [6.45, 7) is 3.61. The second-order valence-corrected chi connectivity index (χ2v) is 12.9. The Kier molecular flexibility index (Phi) is 9.28. The third-order valence-corrected chi connectivity index (χ3v) is 9.03. The van der Waals surface area contributed by atoms with Gasteiger partial charge in [0.2, 0.25) is 0 Å². The highest BCUT2D eigenvalue weighted by Crippen LogP contribution is 2.29. The van der Waals surface area contributed by atoms with Crippen molar-refractivity contribution in [2.75, 3.05) is 0 Å². The Morgan fingerprint density at radius 2 is 0.810 bits per heavy atom. The third kappa shape index (κ3) is 7.74. The molecule has 2 atom stereocenters. The lowest BCUT2D eigenvalue weighted by Crippen LogP contribution is -2.48. The molecule has 0 aliphatic carbocycles. The molecule has 0 spiro atoms. The lowest BCUT2D eigenvalue weighted by Gasteiger charge is -2.30. The quantitative estimate of drug-likeness (QED) is 0.221. The van der Waals surface area contributed by atoms with Crippen molar-refractivity contribution in [1.82, 2.24) is 20.1 Å². The zero-order chi connectivity index (χ0) is 30.3. The highest BCUT2D eigenvalue weighted by atomic mass is 32.2. The minimum atomic E-state index is -4.22. The van der Waals surface area contributed by atoms with Crippen molar-refractivity contribution in [3.63, 3.8) is 0 Å². The molecule has 12 heteroatoms. The van der Waals surface area contributed by atoms with Crippen molar-refractivity contribution in [1.29, 1.82) is 0 Å². The Hall–Kier alpha value is -4.68. The van der Waals surface area contributed by atoms with E-state index in [2.05, 4.69) is 10.6 Å². The van der Waals surface area contributed by atoms with Crippen LogP contribution in [0, 0.1) is 13.8 Å². The van der Waals surface area contributed by atoms with Crippen LogP contribution in [0.5, 0.6) is 0 Å². The summed E-state index contributed by atoms with van der Waals surface area (Å²) in [5.74, 6) is 0. The van der Waals surface area contributed by atoms with Gasteiger partial charge in [0, 0.05) is 0 Å². The molecule has 0 aliphatic heterocycles. The molecule has 0 bridgehead atoms. The monoisotopic (exact) mass is 606 g/mol. The maximum absolute atomic E-state index is 13.1. The number of hydrogen-bond acceptors (Lipinski definition) is 6. The topological polar surface area (TPSA) is 151 Å². The predicted octanol–water partition coefficient (Wildman–Crippen LogP) is 4.46. The maximum Gasteiger partial charge on any atom is 0.329 e. The molecule has 4 aromatic carbocycles. The smallest absolute Gasteiger partial charge is 0.328 e. The van der Waals surface area contributed by atoms with Gasteiger partial charge in [-0.15, -0.1) is 0 Å². The summed E-state index contributed by atoms with van der Waals surface area (Å²) in [6.07, 6.45) is 0. The van der Waals surface area contributed by atoms with E-state index in [1.54, 1.807) is 98.8 Å². The molecule has 4 amide bonds. The van der Waals surface area contributed by atoms with Crippen molar-refractivity contribution < 1.29 is 26.4 Å². The molecule has 42 heavy (non-hydrogen) atoms. The summed E-state index contributed by atoms with van der Waals surface area (Å²) in [4.78, 5) is 26.0. The van der Waals surface area contributed by atoms with Crippen LogP contribution < -0.4 is 20.1 Å². The van der Waals surface area contributed by atoms with Crippen LogP contribution in [0.3, 0.4) is 0 Å². The van der Waals surface area contributed by atoms with E-state index in [9.17, 15) is 26.4 Å².